The van der Waals surface area contributed by atoms with Crippen molar-refractivity contribution >= 4 is 10.1 Å². The van der Waals surface area contributed by atoms with Gasteiger partial charge in [0.1, 0.15) is 16.4 Å². The van der Waals surface area contributed by atoms with E-state index in [1.54, 1.807) is 94.8 Å². The lowest BCUT2D eigenvalue weighted by Gasteiger charge is -2.16. The first-order valence-corrected chi connectivity index (χ1v) is 11.4. The van der Waals surface area contributed by atoms with Crippen molar-refractivity contribution in [2.45, 2.75) is 31.3 Å². The predicted molar refractivity (Wildman–Crippen MR) is 121 cm³/mol. The second-order valence-corrected chi connectivity index (χ2v) is 8.41. The molecular weight excluding hydrogens is 432 g/mol. The third kappa shape index (κ3) is 5.66. The maximum absolute atomic E-state index is 12.4. The lowest BCUT2D eigenvalue weighted by molar-refractivity contribution is -0.0385. The van der Waals surface area contributed by atoms with Crippen LogP contribution in [0.15, 0.2) is 71.6 Å². The number of ether oxygens (including phenoxy) is 4. The molecule has 170 valence electrons. The zero-order chi connectivity index (χ0) is 23.3. The van der Waals surface area contributed by atoms with Crippen molar-refractivity contribution in [3.05, 3.63) is 66.7 Å². The third-order valence-electron chi connectivity index (χ3n) is 4.87. The fourth-order valence-electron chi connectivity index (χ4n) is 3.18. The van der Waals surface area contributed by atoms with E-state index >= 15 is 0 Å². The molecule has 0 saturated heterocycles. The van der Waals surface area contributed by atoms with Crippen molar-refractivity contribution in [2.24, 2.45) is 0 Å². The highest BCUT2D eigenvalue weighted by Gasteiger charge is 2.22. The molecule has 0 aromatic heterocycles. The third-order valence-corrected chi connectivity index (χ3v) is 5.83. The average Bonchev–Trinajstić information content (AvgIpc) is 2.78. The molecular formula is C24H26O7S. The Hall–Kier alpha value is -2.91. The number of rotatable bonds is 9. The zero-order valence-electron chi connectivity index (χ0n) is 18.3. The normalized spacial score (nSPS) is 13.4. The van der Waals surface area contributed by atoms with Gasteiger partial charge in [0.15, 0.2) is 12.6 Å². The van der Waals surface area contributed by atoms with Gasteiger partial charge in [-0.15, -0.1) is 0 Å². The van der Waals surface area contributed by atoms with E-state index in [0.29, 0.717) is 33.8 Å². The SMILES string of the molecule is COC(C)Oc1ccc(-c2cccc(-c3ccc(OC(C)OC)cc3)c2S(=O)(=O)O)cc1. The van der Waals surface area contributed by atoms with Gasteiger partial charge in [0.05, 0.1) is 0 Å². The van der Waals surface area contributed by atoms with Gasteiger partial charge in [0.25, 0.3) is 10.1 Å². The van der Waals surface area contributed by atoms with Gasteiger partial charge in [-0.05, 0) is 49.2 Å². The van der Waals surface area contributed by atoms with Crippen molar-refractivity contribution in [3.63, 3.8) is 0 Å². The summed E-state index contributed by atoms with van der Waals surface area (Å²) in [6.45, 7) is 3.53. The molecule has 0 spiro atoms. The summed E-state index contributed by atoms with van der Waals surface area (Å²) in [5.41, 5.74) is 1.99. The van der Waals surface area contributed by atoms with E-state index in [2.05, 4.69) is 0 Å². The summed E-state index contributed by atoms with van der Waals surface area (Å²) < 4.78 is 56.2. The van der Waals surface area contributed by atoms with Gasteiger partial charge in [0.2, 0.25) is 0 Å². The minimum Gasteiger partial charge on any atom is -0.465 e. The Labute approximate surface area is 188 Å². The molecule has 0 aliphatic heterocycles. The summed E-state index contributed by atoms with van der Waals surface area (Å²) in [4.78, 5) is -0.169. The molecule has 2 unspecified atom stereocenters. The van der Waals surface area contributed by atoms with E-state index < -0.39 is 22.7 Å². The van der Waals surface area contributed by atoms with Gasteiger partial charge < -0.3 is 18.9 Å². The van der Waals surface area contributed by atoms with Crippen LogP contribution in [-0.2, 0) is 19.6 Å². The summed E-state index contributed by atoms with van der Waals surface area (Å²) >= 11 is 0. The monoisotopic (exact) mass is 458 g/mol. The predicted octanol–water partition coefficient (Wildman–Crippen LogP) is 5.01. The standard InChI is InChI=1S/C24H26O7S/c1-16(28-3)30-20-12-8-18(9-13-20)22-6-5-7-23(24(22)32(25,26)27)19-10-14-21(15-11-19)31-17(2)29-4/h5-17H,1-4H3,(H,25,26,27). The van der Waals surface area contributed by atoms with Crippen molar-refractivity contribution in [1.82, 2.24) is 0 Å². The number of hydrogen-bond acceptors (Lipinski definition) is 6. The molecule has 32 heavy (non-hydrogen) atoms. The van der Waals surface area contributed by atoms with Crippen LogP contribution in [0.1, 0.15) is 13.8 Å². The Balaban J connectivity index is 2.02. The molecule has 0 amide bonds. The summed E-state index contributed by atoms with van der Waals surface area (Å²) in [5, 5.41) is 0. The van der Waals surface area contributed by atoms with Crippen LogP contribution in [0.4, 0.5) is 0 Å². The van der Waals surface area contributed by atoms with Crippen LogP contribution < -0.4 is 9.47 Å². The number of benzene rings is 3. The lowest BCUT2D eigenvalue weighted by atomic mass is 9.98. The first-order valence-electron chi connectivity index (χ1n) is 9.93. The van der Waals surface area contributed by atoms with Crippen LogP contribution in [0, 0.1) is 0 Å². The number of hydrogen-bond donors (Lipinski definition) is 1. The molecule has 0 bridgehead atoms. The Morgan fingerprint density at radius 3 is 1.38 bits per heavy atom. The largest absolute Gasteiger partial charge is 0.465 e. The second kappa shape index (κ2) is 10.1. The van der Waals surface area contributed by atoms with Crippen LogP contribution in [0.5, 0.6) is 11.5 Å². The minimum atomic E-state index is -4.53. The number of methoxy groups -OCH3 is 2. The van der Waals surface area contributed by atoms with Crippen LogP contribution in [0.2, 0.25) is 0 Å². The van der Waals surface area contributed by atoms with Crippen molar-refractivity contribution < 1.29 is 31.9 Å². The highest BCUT2D eigenvalue weighted by molar-refractivity contribution is 7.86. The van der Waals surface area contributed by atoms with E-state index in [0.717, 1.165) is 0 Å². The van der Waals surface area contributed by atoms with Crippen molar-refractivity contribution in [3.8, 4) is 33.8 Å². The maximum Gasteiger partial charge on any atom is 0.295 e. The maximum atomic E-state index is 12.4. The summed E-state index contributed by atoms with van der Waals surface area (Å²) in [6, 6.07) is 18.8. The molecule has 8 heteroatoms. The van der Waals surface area contributed by atoms with E-state index in [9.17, 15) is 13.0 Å². The molecule has 2 atom stereocenters. The first kappa shape index (κ1) is 23.7. The fourth-order valence-corrected chi connectivity index (χ4v) is 4.10. The molecule has 0 aliphatic rings. The van der Waals surface area contributed by atoms with Gasteiger partial charge in [-0.2, -0.15) is 8.42 Å². The molecule has 0 heterocycles. The highest BCUT2D eigenvalue weighted by Crippen LogP contribution is 2.37. The Bertz CT molecular complexity index is 1070. The summed E-state index contributed by atoms with van der Waals surface area (Å²) in [7, 11) is -1.45. The highest BCUT2D eigenvalue weighted by atomic mass is 32.2. The zero-order valence-corrected chi connectivity index (χ0v) is 19.1. The fraction of sp³-hybridized carbons (Fsp3) is 0.250. The van der Waals surface area contributed by atoms with E-state index in [1.807, 2.05) is 0 Å². The average molecular weight is 459 g/mol. The van der Waals surface area contributed by atoms with Crippen LogP contribution in [-0.4, -0.2) is 39.8 Å². The first-order chi connectivity index (χ1) is 15.2. The van der Waals surface area contributed by atoms with Crippen LogP contribution in [0.25, 0.3) is 22.3 Å². The molecule has 7 nitrogen and oxygen atoms in total. The molecule has 3 aromatic carbocycles. The Morgan fingerprint density at radius 1 is 0.688 bits per heavy atom. The van der Waals surface area contributed by atoms with E-state index in [1.165, 1.54) is 0 Å². The summed E-state index contributed by atoms with van der Waals surface area (Å²) in [6.07, 6.45) is -0.840. The second-order valence-electron chi connectivity index (χ2n) is 7.05. The van der Waals surface area contributed by atoms with Gasteiger partial charge >= 0.3 is 0 Å². The van der Waals surface area contributed by atoms with Gasteiger partial charge in [-0.3, -0.25) is 4.55 Å². The molecule has 3 aromatic rings. The van der Waals surface area contributed by atoms with Crippen molar-refractivity contribution in [2.75, 3.05) is 14.2 Å². The lowest BCUT2D eigenvalue weighted by Crippen LogP contribution is -2.13. The van der Waals surface area contributed by atoms with Gasteiger partial charge in [-0.25, -0.2) is 0 Å². The van der Waals surface area contributed by atoms with Crippen LogP contribution in [0.3, 0.4) is 0 Å². The molecule has 0 saturated carbocycles. The van der Waals surface area contributed by atoms with Crippen molar-refractivity contribution in [1.29, 1.82) is 0 Å². The molecule has 0 fully saturated rings. The molecule has 1 N–H and O–H groups in total. The van der Waals surface area contributed by atoms with Gasteiger partial charge in [-0.1, -0.05) is 42.5 Å². The Kier molecular flexibility index (Phi) is 7.52. The van der Waals surface area contributed by atoms with E-state index in [-0.39, 0.29) is 4.90 Å². The summed E-state index contributed by atoms with van der Waals surface area (Å²) in [5.74, 6) is 1.15. The minimum absolute atomic E-state index is 0.169. The van der Waals surface area contributed by atoms with Gasteiger partial charge in [0, 0.05) is 25.3 Å². The molecule has 3 rings (SSSR count). The smallest absolute Gasteiger partial charge is 0.295 e. The van der Waals surface area contributed by atoms with Crippen LogP contribution >= 0.6 is 0 Å². The van der Waals surface area contributed by atoms with E-state index in [4.69, 9.17) is 18.9 Å². The molecule has 0 radical (unpaired) electrons. The molecule has 0 aliphatic carbocycles. The quantitative estimate of drug-likeness (QED) is 0.356. The Morgan fingerprint density at radius 2 is 1.06 bits per heavy atom. The topological polar surface area (TPSA) is 91.3 Å².